The van der Waals surface area contributed by atoms with E-state index in [2.05, 4.69) is 20.6 Å². The monoisotopic (exact) mass is 208 g/mol. The second kappa shape index (κ2) is 4.44. The van der Waals surface area contributed by atoms with Crippen molar-refractivity contribution in [1.29, 1.82) is 0 Å². The van der Waals surface area contributed by atoms with E-state index in [0.29, 0.717) is 18.4 Å². The number of anilines is 2. The van der Waals surface area contributed by atoms with Gasteiger partial charge in [0, 0.05) is 19.8 Å². The normalized spacial score (nSPS) is 17.2. The Hall–Kier alpha value is -1.36. The molecule has 0 bridgehead atoms. The first-order chi connectivity index (χ1) is 7.29. The van der Waals surface area contributed by atoms with Crippen LogP contribution in [0.1, 0.15) is 12.8 Å². The van der Waals surface area contributed by atoms with Gasteiger partial charge in [-0.3, -0.25) is 0 Å². The highest BCUT2D eigenvalue weighted by Crippen LogP contribution is 2.32. The number of aromatic nitrogens is 2. The lowest BCUT2D eigenvalue weighted by Crippen LogP contribution is -2.21. The Balaban J connectivity index is 1.86. The van der Waals surface area contributed by atoms with E-state index in [1.807, 2.05) is 0 Å². The van der Waals surface area contributed by atoms with Crippen LogP contribution in [0, 0.1) is 5.92 Å². The first kappa shape index (κ1) is 10.2. The molecule has 1 atom stereocenters. The van der Waals surface area contributed by atoms with E-state index in [4.69, 9.17) is 0 Å². The highest BCUT2D eigenvalue weighted by molar-refractivity contribution is 5.39. The van der Waals surface area contributed by atoms with Gasteiger partial charge < -0.3 is 15.7 Å². The second-order valence-electron chi connectivity index (χ2n) is 3.80. The average molecular weight is 208 g/mol. The van der Waals surface area contributed by atoms with Gasteiger partial charge in [-0.1, -0.05) is 0 Å². The number of nitrogens with zero attached hydrogens (tertiary/aromatic N) is 2. The van der Waals surface area contributed by atoms with Crippen LogP contribution in [-0.2, 0) is 0 Å². The molecule has 1 aliphatic rings. The van der Waals surface area contributed by atoms with Crippen LogP contribution >= 0.6 is 0 Å². The van der Waals surface area contributed by atoms with Gasteiger partial charge in [-0.15, -0.1) is 0 Å². The predicted molar refractivity (Wildman–Crippen MR) is 58.8 cm³/mol. The van der Waals surface area contributed by atoms with Gasteiger partial charge in [-0.05, 0) is 24.8 Å². The van der Waals surface area contributed by atoms with E-state index in [9.17, 15) is 5.11 Å². The molecule has 0 amide bonds. The molecule has 1 heterocycles. The molecule has 82 valence electrons. The van der Waals surface area contributed by atoms with E-state index in [0.717, 1.165) is 18.7 Å². The highest BCUT2D eigenvalue weighted by atomic mass is 16.3. The van der Waals surface area contributed by atoms with Crippen LogP contribution in [-0.4, -0.2) is 34.8 Å². The number of aliphatic hydroxyl groups excluding tert-OH is 1. The molecule has 5 nitrogen and oxygen atoms in total. The van der Waals surface area contributed by atoms with Gasteiger partial charge in [0.15, 0.2) is 0 Å². The van der Waals surface area contributed by atoms with Crippen molar-refractivity contribution in [3.05, 3.63) is 12.3 Å². The van der Waals surface area contributed by atoms with Crippen LogP contribution in [0.3, 0.4) is 0 Å². The third kappa shape index (κ3) is 2.79. The zero-order chi connectivity index (χ0) is 10.7. The molecule has 0 saturated heterocycles. The van der Waals surface area contributed by atoms with Gasteiger partial charge in [-0.25, -0.2) is 4.98 Å². The summed E-state index contributed by atoms with van der Waals surface area (Å²) in [6.45, 7) is 0.560. The SMILES string of the molecule is CNc1nccc(NCC(O)C2CC2)n1. The fourth-order valence-corrected chi connectivity index (χ4v) is 1.43. The van der Waals surface area contributed by atoms with Crippen LogP contribution in [0.5, 0.6) is 0 Å². The summed E-state index contributed by atoms with van der Waals surface area (Å²) >= 11 is 0. The minimum atomic E-state index is -0.252. The smallest absolute Gasteiger partial charge is 0.224 e. The maximum Gasteiger partial charge on any atom is 0.224 e. The van der Waals surface area contributed by atoms with Crippen LogP contribution in [0.15, 0.2) is 12.3 Å². The number of hydrogen-bond donors (Lipinski definition) is 3. The molecule has 5 heteroatoms. The fraction of sp³-hybridized carbons (Fsp3) is 0.600. The Kier molecular flexibility index (Phi) is 3.01. The first-order valence-electron chi connectivity index (χ1n) is 5.22. The molecule has 0 aliphatic heterocycles. The van der Waals surface area contributed by atoms with Gasteiger partial charge in [0.2, 0.25) is 5.95 Å². The zero-order valence-corrected chi connectivity index (χ0v) is 8.77. The van der Waals surface area contributed by atoms with Crippen molar-refractivity contribution in [3.63, 3.8) is 0 Å². The summed E-state index contributed by atoms with van der Waals surface area (Å²) in [7, 11) is 1.78. The van der Waals surface area contributed by atoms with E-state index >= 15 is 0 Å². The minimum absolute atomic E-state index is 0.252. The van der Waals surface area contributed by atoms with Crippen LogP contribution in [0.4, 0.5) is 11.8 Å². The van der Waals surface area contributed by atoms with Crippen molar-refractivity contribution < 1.29 is 5.11 Å². The number of rotatable bonds is 5. The molecule has 1 aliphatic carbocycles. The largest absolute Gasteiger partial charge is 0.391 e. The highest BCUT2D eigenvalue weighted by Gasteiger charge is 2.29. The Labute approximate surface area is 88.9 Å². The second-order valence-corrected chi connectivity index (χ2v) is 3.80. The number of hydrogen-bond acceptors (Lipinski definition) is 5. The third-order valence-electron chi connectivity index (χ3n) is 2.54. The molecule has 0 spiro atoms. The summed E-state index contributed by atoms with van der Waals surface area (Å²) < 4.78 is 0. The molecule has 1 saturated carbocycles. The van der Waals surface area contributed by atoms with Crippen molar-refractivity contribution in [3.8, 4) is 0 Å². The van der Waals surface area contributed by atoms with E-state index in [1.165, 1.54) is 0 Å². The van der Waals surface area contributed by atoms with Crippen LogP contribution < -0.4 is 10.6 Å². The molecule has 1 unspecified atom stereocenters. The molecule has 15 heavy (non-hydrogen) atoms. The Morgan fingerprint density at radius 1 is 1.60 bits per heavy atom. The van der Waals surface area contributed by atoms with Gasteiger partial charge >= 0.3 is 0 Å². The molecule has 3 N–H and O–H groups in total. The molecule has 2 rings (SSSR count). The van der Waals surface area contributed by atoms with Crippen LogP contribution in [0.2, 0.25) is 0 Å². The van der Waals surface area contributed by atoms with Crippen LogP contribution in [0.25, 0.3) is 0 Å². The molecular formula is C10H16N4O. The third-order valence-corrected chi connectivity index (χ3v) is 2.54. The molecule has 1 aromatic rings. The topological polar surface area (TPSA) is 70.1 Å². The van der Waals surface area contributed by atoms with Crippen molar-refractivity contribution in [1.82, 2.24) is 9.97 Å². The zero-order valence-electron chi connectivity index (χ0n) is 8.77. The number of aliphatic hydroxyl groups is 1. The Morgan fingerprint density at radius 3 is 3.07 bits per heavy atom. The molecule has 0 radical (unpaired) electrons. The Morgan fingerprint density at radius 2 is 2.40 bits per heavy atom. The summed E-state index contributed by atoms with van der Waals surface area (Å²) in [5, 5.41) is 15.6. The molecule has 1 fully saturated rings. The maximum atomic E-state index is 9.66. The fourth-order valence-electron chi connectivity index (χ4n) is 1.43. The summed E-state index contributed by atoms with van der Waals surface area (Å²) in [4.78, 5) is 8.21. The first-order valence-corrected chi connectivity index (χ1v) is 5.22. The Bertz CT molecular complexity index is 327. The van der Waals surface area contributed by atoms with E-state index < -0.39 is 0 Å². The van der Waals surface area contributed by atoms with E-state index in [1.54, 1.807) is 19.3 Å². The predicted octanol–water partition coefficient (Wildman–Crippen LogP) is 0.701. The lowest BCUT2D eigenvalue weighted by atomic mass is 10.2. The molecule has 1 aromatic heterocycles. The van der Waals surface area contributed by atoms with E-state index in [-0.39, 0.29) is 6.10 Å². The minimum Gasteiger partial charge on any atom is -0.391 e. The summed E-state index contributed by atoms with van der Waals surface area (Å²) in [5.74, 6) is 1.82. The summed E-state index contributed by atoms with van der Waals surface area (Å²) in [6, 6.07) is 1.79. The van der Waals surface area contributed by atoms with Crippen molar-refractivity contribution in [2.24, 2.45) is 5.92 Å². The van der Waals surface area contributed by atoms with Crippen molar-refractivity contribution >= 4 is 11.8 Å². The van der Waals surface area contributed by atoms with Gasteiger partial charge in [0.05, 0.1) is 6.10 Å². The number of nitrogens with one attached hydrogen (secondary N) is 2. The molecule has 0 aromatic carbocycles. The lowest BCUT2D eigenvalue weighted by Gasteiger charge is -2.11. The van der Waals surface area contributed by atoms with Gasteiger partial charge in [0.1, 0.15) is 5.82 Å². The molecular weight excluding hydrogens is 192 g/mol. The van der Waals surface area contributed by atoms with Crippen molar-refractivity contribution in [2.75, 3.05) is 24.2 Å². The van der Waals surface area contributed by atoms with Gasteiger partial charge in [-0.2, -0.15) is 4.98 Å². The summed E-state index contributed by atoms with van der Waals surface area (Å²) in [5.41, 5.74) is 0. The average Bonchev–Trinajstić information content (AvgIpc) is 3.10. The summed E-state index contributed by atoms with van der Waals surface area (Å²) in [6.07, 6.45) is 3.73. The van der Waals surface area contributed by atoms with Gasteiger partial charge in [0.25, 0.3) is 0 Å². The lowest BCUT2D eigenvalue weighted by molar-refractivity contribution is 0.164. The van der Waals surface area contributed by atoms with Crippen molar-refractivity contribution in [2.45, 2.75) is 18.9 Å². The standard InChI is InChI=1S/C10H16N4O/c1-11-10-12-5-4-9(14-10)13-6-8(15)7-2-3-7/h4-5,7-8,15H,2-3,6H2,1H3,(H2,11,12,13,14). The quantitative estimate of drug-likeness (QED) is 0.664. The maximum absolute atomic E-state index is 9.66.